The summed E-state index contributed by atoms with van der Waals surface area (Å²) >= 11 is 6.90. The van der Waals surface area contributed by atoms with Crippen LogP contribution in [0, 0.1) is 5.92 Å². The van der Waals surface area contributed by atoms with E-state index in [1.54, 1.807) is 60.4 Å². The van der Waals surface area contributed by atoms with Crippen LogP contribution in [-0.2, 0) is 20.9 Å². The van der Waals surface area contributed by atoms with Crippen molar-refractivity contribution in [2.24, 2.45) is 5.92 Å². The van der Waals surface area contributed by atoms with Gasteiger partial charge in [0.2, 0.25) is 0 Å². The SMILES string of the molecule is CCOC(=O)C1CCN(C(=O)c2ccc(/C=C3\SC(=O)N(Cc4cccc(Cl)c4)C3=O)cc2)CC1. The van der Waals surface area contributed by atoms with E-state index in [0.717, 1.165) is 22.9 Å². The molecular weight excluding hydrogens is 488 g/mol. The van der Waals surface area contributed by atoms with E-state index in [9.17, 15) is 19.2 Å². The van der Waals surface area contributed by atoms with Crippen molar-refractivity contribution in [3.05, 3.63) is 75.1 Å². The number of imide groups is 1. The molecule has 0 unspecified atom stereocenters. The molecule has 9 heteroatoms. The first-order chi connectivity index (χ1) is 16.9. The van der Waals surface area contributed by atoms with E-state index in [1.807, 2.05) is 6.07 Å². The summed E-state index contributed by atoms with van der Waals surface area (Å²) < 4.78 is 5.08. The molecule has 0 saturated carbocycles. The normalized spacial score (nSPS) is 17.8. The summed E-state index contributed by atoms with van der Waals surface area (Å²) in [5.74, 6) is -0.804. The number of rotatable bonds is 6. The van der Waals surface area contributed by atoms with E-state index in [0.29, 0.717) is 48.0 Å². The van der Waals surface area contributed by atoms with Gasteiger partial charge in [0.05, 0.1) is 24.0 Å². The molecule has 2 aromatic carbocycles. The lowest BCUT2D eigenvalue weighted by Gasteiger charge is -2.31. The van der Waals surface area contributed by atoms with E-state index in [4.69, 9.17) is 16.3 Å². The van der Waals surface area contributed by atoms with Gasteiger partial charge in [0.15, 0.2) is 0 Å². The first kappa shape index (κ1) is 25.0. The monoisotopic (exact) mass is 512 g/mol. The zero-order chi connectivity index (χ0) is 24.9. The zero-order valence-electron chi connectivity index (χ0n) is 19.2. The first-order valence-electron chi connectivity index (χ1n) is 11.4. The highest BCUT2D eigenvalue weighted by Gasteiger charge is 2.35. The van der Waals surface area contributed by atoms with Crippen LogP contribution < -0.4 is 0 Å². The van der Waals surface area contributed by atoms with E-state index in [-0.39, 0.29) is 35.5 Å². The molecule has 2 fully saturated rings. The Labute approximate surface area is 213 Å². The number of benzene rings is 2. The number of carbonyl (C=O) groups is 4. The van der Waals surface area contributed by atoms with Gasteiger partial charge in [-0.3, -0.25) is 24.1 Å². The number of hydrogen-bond acceptors (Lipinski definition) is 6. The quantitative estimate of drug-likeness (QED) is 0.400. The molecule has 3 amide bonds. The molecule has 35 heavy (non-hydrogen) atoms. The summed E-state index contributed by atoms with van der Waals surface area (Å²) in [4.78, 5) is 53.2. The predicted octanol–water partition coefficient (Wildman–Crippen LogP) is 4.99. The highest BCUT2D eigenvalue weighted by Crippen LogP contribution is 2.33. The van der Waals surface area contributed by atoms with Crippen LogP contribution in [0.5, 0.6) is 0 Å². The Bertz CT molecular complexity index is 1170. The predicted molar refractivity (Wildman–Crippen MR) is 135 cm³/mol. The minimum absolute atomic E-state index is 0.0966. The lowest BCUT2D eigenvalue weighted by molar-refractivity contribution is -0.149. The molecule has 0 spiro atoms. The molecule has 2 aliphatic heterocycles. The molecule has 2 aliphatic rings. The molecule has 2 heterocycles. The number of ether oxygens (including phenoxy) is 1. The summed E-state index contributed by atoms with van der Waals surface area (Å²) in [5, 5.41) is 0.210. The van der Waals surface area contributed by atoms with Crippen LogP contribution in [0.2, 0.25) is 5.02 Å². The van der Waals surface area contributed by atoms with E-state index < -0.39 is 0 Å². The second kappa shape index (κ2) is 11.1. The van der Waals surface area contributed by atoms with Crippen LogP contribution in [-0.4, -0.2) is 52.5 Å². The number of halogens is 1. The molecule has 2 aromatic rings. The Morgan fingerprint density at radius 2 is 1.83 bits per heavy atom. The Morgan fingerprint density at radius 1 is 1.11 bits per heavy atom. The Kier molecular flexibility index (Phi) is 7.93. The summed E-state index contributed by atoms with van der Waals surface area (Å²) in [6, 6.07) is 14.0. The molecule has 0 N–H and O–H groups in total. The van der Waals surface area contributed by atoms with Crippen LogP contribution in [0.25, 0.3) is 6.08 Å². The van der Waals surface area contributed by atoms with Crippen LogP contribution in [0.1, 0.15) is 41.3 Å². The summed E-state index contributed by atoms with van der Waals surface area (Å²) in [6.45, 7) is 3.31. The second-order valence-electron chi connectivity index (χ2n) is 8.34. The fraction of sp³-hybridized carbons (Fsp3) is 0.308. The topological polar surface area (TPSA) is 84.0 Å². The summed E-state index contributed by atoms with van der Waals surface area (Å²) in [6.07, 6.45) is 2.84. The highest BCUT2D eigenvalue weighted by atomic mass is 35.5. The van der Waals surface area contributed by atoms with Crippen molar-refractivity contribution in [3.63, 3.8) is 0 Å². The van der Waals surface area contributed by atoms with Crippen molar-refractivity contribution < 1.29 is 23.9 Å². The van der Waals surface area contributed by atoms with Crippen molar-refractivity contribution in [2.45, 2.75) is 26.3 Å². The second-order valence-corrected chi connectivity index (χ2v) is 9.77. The van der Waals surface area contributed by atoms with Crippen molar-refractivity contribution >= 4 is 52.5 Å². The fourth-order valence-electron chi connectivity index (χ4n) is 4.09. The number of hydrogen-bond donors (Lipinski definition) is 0. The third-order valence-corrected chi connectivity index (χ3v) is 7.10. The first-order valence-corrected chi connectivity index (χ1v) is 12.6. The molecule has 0 aliphatic carbocycles. The molecule has 0 aromatic heterocycles. The smallest absolute Gasteiger partial charge is 0.309 e. The number of amides is 3. The van der Waals surface area contributed by atoms with Crippen molar-refractivity contribution in [1.82, 2.24) is 9.80 Å². The van der Waals surface area contributed by atoms with Gasteiger partial charge in [-0.2, -0.15) is 0 Å². The van der Waals surface area contributed by atoms with Crippen LogP contribution in [0.4, 0.5) is 4.79 Å². The summed E-state index contributed by atoms with van der Waals surface area (Å²) in [5.41, 5.74) is 2.02. The Morgan fingerprint density at radius 3 is 2.49 bits per heavy atom. The van der Waals surface area contributed by atoms with E-state index >= 15 is 0 Å². The highest BCUT2D eigenvalue weighted by molar-refractivity contribution is 8.18. The number of carbonyl (C=O) groups excluding carboxylic acids is 4. The molecule has 182 valence electrons. The maximum absolute atomic E-state index is 12.9. The van der Waals surface area contributed by atoms with Gasteiger partial charge in [-0.25, -0.2) is 0 Å². The molecular formula is C26H25ClN2O5S. The number of piperidine rings is 1. The van der Waals surface area contributed by atoms with Crippen molar-refractivity contribution in [1.29, 1.82) is 0 Å². The molecule has 0 bridgehead atoms. The van der Waals surface area contributed by atoms with Crippen LogP contribution in [0.3, 0.4) is 0 Å². The van der Waals surface area contributed by atoms with Gasteiger partial charge < -0.3 is 9.64 Å². The van der Waals surface area contributed by atoms with Gasteiger partial charge in [0, 0.05) is 23.7 Å². The van der Waals surface area contributed by atoms with Gasteiger partial charge in [0.25, 0.3) is 17.1 Å². The minimum Gasteiger partial charge on any atom is -0.466 e. The summed E-state index contributed by atoms with van der Waals surface area (Å²) in [7, 11) is 0. The Balaban J connectivity index is 1.38. The van der Waals surface area contributed by atoms with Gasteiger partial charge in [0.1, 0.15) is 0 Å². The molecule has 2 saturated heterocycles. The molecule has 0 atom stereocenters. The average Bonchev–Trinajstić information content (AvgIpc) is 3.11. The van der Waals surface area contributed by atoms with Crippen LogP contribution >= 0.6 is 23.4 Å². The Hall–Kier alpha value is -3.10. The van der Waals surface area contributed by atoms with Gasteiger partial charge in [-0.05, 0) is 73.0 Å². The van der Waals surface area contributed by atoms with Gasteiger partial charge >= 0.3 is 5.97 Å². The van der Waals surface area contributed by atoms with Gasteiger partial charge in [-0.1, -0.05) is 35.9 Å². The van der Waals surface area contributed by atoms with E-state index in [2.05, 4.69) is 0 Å². The number of nitrogens with zero attached hydrogens (tertiary/aromatic N) is 2. The zero-order valence-corrected chi connectivity index (χ0v) is 20.8. The van der Waals surface area contributed by atoms with Gasteiger partial charge in [-0.15, -0.1) is 0 Å². The lowest BCUT2D eigenvalue weighted by atomic mass is 9.96. The number of esters is 1. The maximum Gasteiger partial charge on any atom is 0.309 e. The van der Waals surface area contributed by atoms with Crippen molar-refractivity contribution in [3.8, 4) is 0 Å². The standard InChI is InChI=1S/C26H25ClN2O5S/c1-2-34-25(32)20-10-12-28(13-11-20)23(30)19-8-6-17(7-9-19)15-22-24(31)29(26(33)35-22)16-18-4-3-5-21(27)14-18/h3-9,14-15,20H,2,10-13,16H2,1H3/b22-15-. The third kappa shape index (κ3) is 5.94. The van der Waals surface area contributed by atoms with Crippen LogP contribution in [0.15, 0.2) is 53.4 Å². The number of likely N-dealkylation sites (tertiary alicyclic amines) is 1. The molecule has 4 rings (SSSR count). The molecule has 7 nitrogen and oxygen atoms in total. The minimum atomic E-state index is -0.357. The van der Waals surface area contributed by atoms with Crippen molar-refractivity contribution in [2.75, 3.05) is 19.7 Å². The number of thioether (sulfide) groups is 1. The third-order valence-electron chi connectivity index (χ3n) is 5.96. The average molecular weight is 513 g/mol. The maximum atomic E-state index is 12.9. The lowest BCUT2D eigenvalue weighted by Crippen LogP contribution is -2.40. The molecule has 0 radical (unpaired) electrons. The fourth-order valence-corrected chi connectivity index (χ4v) is 5.14. The largest absolute Gasteiger partial charge is 0.466 e. The van der Waals surface area contributed by atoms with E-state index in [1.165, 1.54) is 4.90 Å².